The first-order valence-corrected chi connectivity index (χ1v) is 10.6. The molecule has 0 spiro atoms. The van der Waals surface area contributed by atoms with Crippen LogP contribution in [-0.4, -0.2) is 55.1 Å². The Labute approximate surface area is 157 Å². The molecule has 1 aromatic rings. The second-order valence-corrected chi connectivity index (χ2v) is 8.31. The number of hydrogen-bond acceptors (Lipinski definition) is 4. The highest BCUT2D eigenvalue weighted by atomic mass is 32.1. The molecule has 0 bridgehead atoms. The molecule has 1 fully saturated rings. The Morgan fingerprint density at radius 1 is 1.24 bits per heavy atom. The highest BCUT2D eigenvalue weighted by molar-refractivity contribution is 7.09. The van der Waals surface area contributed by atoms with Crippen LogP contribution < -0.4 is 10.6 Å². The van der Waals surface area contributed by atoms with E-state index in [0.717, 1.165) is 36.2 Å². The molecule has 2 N–H and O–H groups in total. The fourth-order valence-electron chi connectivity index (χ4n) is 3.47. The van der Waals surface area contributed by atoms with Crippen LogP contribution in [-0.2, 0) is 6.42 Å². The summed E-state index contributed by atoms with van der Waals surface area (Å²) in [6.45, 7) is 11.0. The van der Waals surface area contributed by atoms with Crippen LogP contribution in [0.1, 0.15) is 50.2 Å². The van der Waals surface area contributed by atoms with Gasteiger partial charge in [0.15, 0.2) is 5.96 Å². The Morgan fingerprint density at radius 3 is 2.52 bits per heavy atom. The summed E-state index contributed by atoms with van der Waals surface area (Å²) in [6, 6.07) is 0.567. The maximum absolute atomic E-state index is 4.51. The Kier molecular flexibility index (Phi) is 8.68. The molecule has 25 heavy (non-hydrogen) atoms. The van der Waals surface area contributed by atoms with E-state index in [1.807, 2.05) is 7.05 Å². The number of aryl methyl sites for hydroxylation is 1. The van der Waals surface area contributed by atoms with Crippen molar-refractivity contribution < 1.29 is 0 Å². The number of aliphatic imine (C=N–C) groups is 1. The van der Waals surface area contributed by atoms with E-state index in [0.29, 0.717) is 12.0 Å². The lowest BCUT2D eigenvalue weighted by Crippen LogP contribution is -2.50. The summed E-state index contributed by atoms with van der Waals surface area (Å²) < 4.78 is 0. The normalized spacial score (nSPS) is 18.2. The van der Waals surface area contributed by atoms with Crippen LogP contribution in [0, 0.1) is 12.8 Å². The van der Waals surface area contributed by atoms with Gasteiger partial charge in [-0.25, -0.2) is 4.98 Å². The molecular weight excluding hydrogens is 330 g/mol. The summed E-state index contributed by atoms with van der Waals surface area (Å²) in [7, 11) is 1.85. The fraction of sp³-hybridized carbons (Fsp3) is 0.789. The smallest absolute Gasteiger partial charge is 0.191 e. The van der Waals surface area contributed by atoms with E-state index in [4.69, 9.17) is 0 Å². The van der Waals surface area contributed by atoms with Crippen LogP contribution >= 0.6 is 11.3 Å². The first-order valence-electron chi connectivity index (χ1n) is 9.69. The molecule has 5 nitrogen and oxygen atoms in total. The molecule has 1 atom stereocenters. The van der Waals surface area contributed by atoms with Gasteiger partial charge in [-0.05, 0) is 38.8 Å². The Balaban J connectivity index is 1.78. The minimum Gasteiger partial charge on any atom is -0.356 e. The van der Waals surface area contributed by atoms with Crippen LogP contribution in [0.25, 0.3) is 0 Å². The Hall–Kier alpha value is -1.14. The lowest BCUT2D eigenvalue weighted by molar-refractivity contribution is 0.161. The van der Waals surface area contributed by atoms with Gasteiger partial charge in [0.2, 0.25) is 0 Å². The molecule has 1 aromatic heterocycles. The molecule has 6 heteroatoms. The van der Waals surface area contributed by atoms with Crippen molar-refractivity contribution in [1.82, 2.24) is 20.5 Å². The van der Waals surface area contributed by atoms with Crippen molar-refractivity contribution in [2.45, 2.75) is 58.9 Å². The molecule has 0 amide bonds. The van der Waals surface area contributed by atoms with E-state index in [1.165, 1.54) is 38.8 Å². The number of thiazole rings is 1. The maximum atomic E-state index is 4.51. The molecule has 1 saturated heterocycles. The van der Waals surface area contributed by atoms with Crippen molar-refractivity contribution in [3.8, 4) is 0 Å². The third-order valence-electron chi connectivity index (χ3n) is 4.92. The largest absolute Gasteiger partial charge is 0.356 e. The van der Waals surface area contributed by atoms with E-state index in [9.17, 15) is 0 Å². The topological polar surface area (TPSA) is 52.6 Å². The zero-order valence-electron chi connectivity index (χ0n) is 16.3. The van der Waals surface area contributed by atoms with E-state index >= 15 is 0 Å². The number of nitrogens with one attached hydrogen (secondary N) is 2. The fourth-order valence-corrected chi connectivity index (χ4v) is 4.11. The quantitative estimate of drug-likeness (QED) is 0.576. The molecule has 0 aromatic carbocycles. The summed E-state index contributed by atoms with van der Waals surface area (Å²) in [5.41, 5.74) is 1.16. The third kappa shape index (κ3) is 6.94. The molecule has 1 aliphatic heterocycles. The minimum absolute atomic E-state index is 0.567. The van der Waals surface area contributed by atoms with Gasteiger partial charge in [-0.1, -0.05) is 26.7 Å². The average molecular weight is 366 g/mol. The van der Waals surface area contributed by atoms with Gasteiger partial charge in [-0.15, -0.1) is 11.3 Å². The first kappa shape index (κ1) is 20.2. The van der Waals surface area contributed by atoms with Crippen molar-refractivity contribution in [3.05, 3.63) is 16.1 Å². The molecule has 2 heterocycles. The summed E-state index contributed by atoms with van der Waals surface area (Å²) >= 11 is 1.71. The predicted octanol–water partition coefficient (Wildman–Crippen LogP) is 3.06. The third-order valence-corrected chi connectivity index (χ3v) is 5.74. The van der Waals surface area contributed by atoms with Gasteiger partial charge in [0.25, 0.3) is 0 Å². The second kappa shape index (κ2) is 10.8. The van der Waals surface area contributed by atoms with Crippen molar-refractivity contribution in [2.75, 3.05) is 33.2 Å². The molecule has 0 saturated carbocycles. The second-order valence-electron chi connectivity index (χ2n) is 7.25. The minimum atomic E-state index is 0.567. The van der Waals surface area contributed by atoms with Crippen molar-refractivity contribution in [2.24, 2.45) is 10.9 Å². The first-order chi connectivity index (χ1) is 12.1. The predicted molar refractivity (Wildman–Crippen MR) is 109 cm³/mol. The van der Waals surface area contributed by atoms with Gasteiger partial charge >= 0.3 is 0 Å². The van der Waals surface area contributed by atoms with Crippen LogP contribution in [0.2, 0.25) is 0 Å². The zero-order valence-corrected chi connectivity index (χ0v) is 17.2. The number of hydrogen-bond donors (Lipinski definition) is 2. The van der Waals surface area contributed by atoms with Crippen molar-refractivity contribution >= 4 is 17.3 Å². The van der Waals surface area contributed by atoms with Gasteiger partial charge in [0.1, 0.15) is 0 Å². The lowest BCUT2D eigenvalue weighted by Gasteiger charge is -2.34. The number of aromatic nitrogens is 1. The van der Waals surface area contributed by atoms with Gasteiger partial charge < -0.3 is 10.6 Å². The van der Waals surface area contributed by atoms with Gasteiger partial charge in [0, 0.05) is 38.0 Å². The van der Waals surface area contributed by atoms with Crippen LogP contribution in [0.4, 0.5) is 0 Å². The van der Waals surface area contributed by atoms with Crippen LogP contribution in [0.15, 0.2) is 10.4 Å². The van der Waals surface area contributed by atoms with E-state index in [2.05, 4.69) is 51.7 Å². The Morgan fingerprint density at radius 2 is 1.96 bits per heavy atom. The average Bonchev–Trinajstić information content (AvgIpc) is 2.84. The van der Waals surface area contributed by atoms with Crippen LogP contribution in [0.5, 0.6) is 0 Å². The number of guanidine groups is 1. The standard InChI is InChI=1S/C19H35N5S/c1-15(2)18(24-11-7-5-6-8-12-24)13-22-19(20-4)21-10-9-17-14-25-16(3)23-17/h14-15,18H,5-13H2,1-4H3,(H2,20,21,22). The van der Waals surface area contributed by atoms with Crippen molar-refractivity contribution in [1.29, 1.82) is 0 Å². The molecule has 2 rings (SSSR count). The number of likely N-dealkylation sites (tertiary alicyclic amines) is 1. The van der Waals surface area contributed by atoms with Crippen LogP contribution in [0.3, 0.4) is 0 Å². The monoisotopic (exact) mass is 365 g/mol. The SMILES string of the molecule is CN=C(NCCc1csc(C)n1)NCC(C(C)C)N1CCCCCC1. The highest BCUT2D eigenvalue weighted by Gasteiger charge is 2.22. The molecule has 0 radical (unpaired) electrons. The van der Waals surface area contributed by atoms with Gasteiger partial charge in [-0.3, -0.25) is 9.89 Å². The molecule has 1 aliphatic rings. The molecule has 142 valence electrons. The molecule has 0 aliphatic carbocycles. The summed E-state index contributed by atoms with van der Waals surface area (Å²) in [5, 5.41) is 10.2. The number of rotatable bonds is 7. The van der Waals surface area contributed by atoms with E-state index in [1.54, 1.807) is 11.3 Å². The zero-order chi connectivity index (χ0) is 18.1. The molecular formula is C19H35N5S. The van der Waals surface area contributed by atoms with E-state index < -0.39 is 0 Å². The Bertz CT molecular complexity index is 518. The number of nitrogens with zero attached hydrogens (tertiary/aromatic N) is 3. The summed E-state index contributed by atoms with van der Waals surface area (Å²) in [5.74, 6) is 1.54. The summed E-state index contributed by atoms with van der Waals surface area (Å²) in [6.07, 6.45) is 6.37. The maximum Gasteiger partial charge on any atom is 0.191 e. The van der Waals surface area contributed by atoms with Gasteiger partial charge in [-0.2, -0.15) is 0 Å². The summed E-state index contributed by atoms with van der Waals surface area (Å²) in [4.78, 5) is 11.6. The van der Waals surface area contributed by atoms with E-state index in [-0.39, 0.29) is 0 Å². The lowest BCUT2D eigenvalue weighted by atomic mass is 10.0. The van der Waals surface area contributed by atoms with Gasteiger partial charge in [0.05, 0.1) is 10.7 Å². The highest BCUT2D eigenvalue weighted by Crippen LogP contribution is 2.17. The molecule has 1 unspecified atom stereocenters. The van der Waals surface area contributed by atoms with Crippen molar-refractivity contribution in [3.63, 3.8) is 0 Å².